The van der Waals surface area contributed by atoms with Crippen molar-refractivity contribution in [2.24, 2.45) is 5.92 Å². The van der Waals surface area contributed by atoms with E-state index >= 15 is 0 Å². The van der Waals surface area contributed by atoms with Crippen molar-refractivity contribution in [3.8, 4) is 0 Å². The molecule has 0 bridgehead atoms. The van der Waals surface area contributed by atoms with Crippen LogP contribution in [0.5, 0.6) is 0 Å². The van der Waals surface area contributed by atoms with Gasteiger partial charge in [-0.25, -0.2) is 0 Å². The molecule has 160 valence electrons. The third kappa shape index (κ3) is 3.35. The van der Waals surface area contributed by atoms with E-state index in [0.717, 1.165) is 76.0 Å². The molecule has 1 aromatic carbocycles. The zero-order chi connectivity index (χ0) is 21.0. The number of piperazine rings is 1. The molecule has 2 heterocycles. The van der Waals surface area contributed by atoms with Crippen LogP contribution < -0.4 is 4.90 Å². The minimum Gasteiger partial charge on any atom is -0.385 e. The molecule has 0 unspecified atom stereocenters. The number of carbonyl (C=O) groups excluding carboxylic acids is 1. The predicted molar refractivity (Wildman–Crippen MR) is 122 cm³/mol. The molecular formula is C26H29N3O2. The number of allylic oxidation sites excluding steroid dienone is 1. The number of aromatic nitrogens is 1. The molecular weight excluding hydrogens is 386 g/mol. The minimum atomic E-state index is -0.608. The summed E-state index contributed by atoms with van der Waals surface area (Å²) in [6.45, 7) is 3.39. The molecule has 1 saturated heterocycles. The lowest BCUT2D eigenvalue weighted by Crippen LogP contribution is -2.49. The maximum atomic E-state index is 12.4. The summed E-state index contributed by atoms with van der Waals surface area (Å²) in [5.74, 6) is 0.662. The fraction of sp³-hybridized carbons (Fsp3) is 0.462. The van der Waals surface area contributed by atoms with Crippen molar-refractivity contribution in [2.75, 3.05) is 31.1 Å². The van der Waals surface area contributed by atoms with Crippen LogP contribution in [0.15, 0.2) is 36.5 Å². The first-order valence-corrected chi connectivity index (χ1v) is 11.7. The van der Waals surface area contributed by atoms with Crippen LogP contribution >= 0.6 is 0 Å². The highest BCUT2D eigenvalue weighted by Gasteiger charge is 2.36. The van der Waals surface area contributed by atoms with Crippen molar-refractivity contribution < 1.29 is 9.90 Å². The fourth-order valence-corrected chi connectivity index (χ4v) is 5.22. The Morgan fingerprint density at radius 3 is 2.42 bits per heavy atom. The van der Waals surface area contributed by atoms with Crippen LogP contribution in [-0.2, 0) is 16.8 Å². The van der Waals surface area contributed by atoms with Crippen molar-refractivity contribution >= 4 is 23.2 Å². The molecule has 1 amide bonds. The largest absolute Gasteiger partial charge is 0.385 e. The zero-order valence-electron chi connectivity index (χ0n) is 17.9. The highest BCUT2D eigenvalue weighted by atomic mass is 16.3. The molecule has 3 fully saturated rings. The van der Waals surface area contributed by atoms with Crippen molar-refractivity contribution in [2.45, 2.75) is 44.1 Å². The monoisotopic (exact) mass is 415 g/mol. The van der Waals surface area contributed by atoms with Crippen LogP contribution in [0.4, 0.5) is 5.69 Å². The molecule has 5 heteroatoms. The van der Waals surface area contributed by atoms with Gasteiger partial charge < -0.3 is 14.9 Å². The molecule has 6 rings (SSSR count). The van der Waals surface area contributed by atoms with Crippen LogP contribution in [0, 0.1) is 5.92 Å². The second-order valence-corrected chi connectivity index (χ2v) is 9.59. The molecule has 2 saturated carbocycles. The summed E-state index contributed by atoms with van der Waals surface area (Å²) in [5.41, 5.74) is 6.51. The SMILES string of the molecule is O=C(C1CC1)N1CCN(c2ccnc3c2C=C(c2ccc(C4(O)CCC4)cc2)C3)CC1. The molecule has 0 atom stereocenters. The molecule has 1 aromatic heterocycles. The Bertz CT molecular complexity index is 1040. The van der Waals surface area contributed by atoms with E-state index in [1.54, 1.807) is 0 Å². The number of aliphatic hydroxyl groups is 1. The number of pyridine rings is 1. The summed E-state index contributed by atoms with van der Waals surface area (Å²) in [4.78, 5) is 21.5. The fourth-order valence-electron chi connectivity index (χ4n) is 5.22. The molecule has 2 aromatic rings. The van der Waals surface area contributed by atoms with Crippen molar-refractivity contribution in [1.82, 2.24) is 9.88 Å². The van der Waals surface area contributed by atoms with E-state index in [-0.39, 0.29) is 0 Å². The predicted octanol–water partition coefficient (Wildman–Crippen LogP) is 3.61. The molecule has 31 heavy (non-hydrogen) atoms. The first-order chi connectivity index (χ1) is 15.1. The second-order valence-electron chi connectivity index (χ2n) is 9.59. The average molecular weight is 416 g/mol. The number of fused-ring (bicyclic) bond motifs is 1. The highest BCUT2D eigenvalue weighted by Crippen LogP contribution is 2.42. The van der Waals surface area contributed by atoms with Crippen molar-refractivity contribution in [3.05, 3.63) is 58.9 Å². The van der Waals surface area contributed by atoms with Gasteiger partial charge in [0, 0.05) is 56.0 Å². The standard InChI is InChI=1S/C26H29N3O2/c30-25(19-2-3-19)29-14-12-28(13-15-29)24-8-11-27-23-17-20(16-22(23)24)18-4-6-21(7-5-18)26(31)9-1-10-26/h4-8,11,16,19,31H,1-3,9-10,12-15,17H2. The van der Waals surface area contributed by atoms with Gasteiger partial charge in [0.2, 0.25) is 5.91 Å². The van der Waals surface area contributed by atoms with Gasteiger partial charge in [0.05, 0.1) is 11.3 Å². The molecule has 1 aliphatic heterocycles. The van der Waals surface area contributed by atoms with Crippen LogP contribution in [0.2, 0.25) is 0 Å². The van der Waals surface area contributed by atoms with Crippen molar-refractivity contribution in [3.63, 3.8) is 0 Å². The number of benzene rings is 1. The van der Waals surface area contributed by atoms with Crippen LogP contribution in [0.3, 0.4) is 0 Å². The van der Waals surface area contributed by atoms with E-state index in [4.69, 9.17) is 0 Å². The first kappa shape index (κ1) is 19.1. The summed E-state index contributed by atoms with van der Waals surface area (Å²) in [6.07, 6.45) is 10.0. The van der Waals surface area contributed by atoms with Gasteiger partial charge in [-0.05, 0) is 60.9 Å². The quantitative estimate of drug-likeness (QED) is 0.829. The number of rotatable bonds is 4. The lowest BCUT2D eigenvalue weighted by molar-refractivity contribution is -0.132. The molecule has 1 N–H and O–H groups in total. The topological polar surface area (TPSA) is 56.7 Å². The van der Waals surface area contributed by atoms with E-state index in [1.807, 2.05) is 6.20 Å². The Morgan fingerprint density at radius 2 is 1.77 bits per heavy atom. The van der Waals surface area contributed by atoms with Gasteiger partial charge in [0.1, 0.15) is 0 Å². The summed E-state index contributed by atoms with van der Waals surface area (Å²) in [7, 11) is 0. The second kappa shape index (κ2) is 7.20. The third-order valence-corrected chi connectivity index (χ3v) is 7.56. The van der Waals surface area contributed by atoms with Gasteiger partial charge in [-0.3, -0.25) is 9.78 Å². The van der Waals surface area contributed by atoms with Crippen LogP contribution in [-0.4, -0.2) is 47.1 Å². The zero-order valence-corrected chi connectivity index (χ0v) is 17.9. The van der Waals surface area contributed by atoms with Gasteiger partial charge in [0.25, 0.3) is 0 Å². The Morgan fingerprint density at radius 1 is 1.03 bits per heavy atom. The van der Waals surface area contributed by atoms with Crippen LogP contribution in [0.25, 0.3) is 11.6 Å². The van der Waals surface area contributed by atoms with E-state index in [9.17, 15) is 9.90 Å². The summed E-state index contributed by atoms with van der Waals surface area (Å²) in [5, 5.41) is 10.6. The number of anilines is 1. The smallest absolute Gasteiger partial charge is 0.225 e. The van der Waals surface area contributed by atoms with Gasteiger partial charge in [0.15, 0.2) is 0 Å². The Kier molecular flexibility index (Phi) is 4.42. The van der Waals surface area contributed by atoms with Gasteiger partial charge >= 0.3 is 0 Å². The summed E-state index contributed by atoms with van der Waals surface area (Å²) in [6, 6.07) is 10.6. The number of hydrogen-bond donors (Lipinski definition) is 1. The van der Waals surface area contributed by atoms with E-state index in [2.05, 4.69) is 51.2 Å². The van der Waals surface area contributed by atoms with Crippen LogP contribution in [0.1, 0.15) is 54.5 Å². The molecule has 3 aliphatic carbocycles. The number of nitrogens with zero attached hydrogens (tertiary/aromatic N) is 3. The molecule has 0 radical (unpaired) electrons. The number of hydrogen-bond acceptors (Lipinski definition) is 4. The van der Waals surface area contributed by atoms with E-state index in [0.29, 0.717) is 11.8 Å². The lowest BCUT2D eigenvalue weighted by Gasteiger charge is -2.37. The Balaban J connectivity index is 1.20. The summed E-state index contributed by atoms with van der Waals surface area (Å²) < 4.78 is 0. The Labute approximate surface area is 183 Å². The van der Waals surface area contributed by atoms with E-state index < -0.39 is 5.60 Å². The third-order valence-electron chi connectivity index (χ3n) is 7.56. The number of amides is 1. The van der Waals surface area contributed by atoms with Gasteiger partial charge in [-0.15, -0.1) is 0 Å². The maximum Gasteiger partial charge on any atom is 0.225 e. The highest BCUT2D eigenvalue weighted by molar-refractivity contribution is 5.92. The average Bonchev–Trinajstić information content (AvgIpc) is 3.55. The summed E-state index contributed by atoms with van der Waals surface area (Å²) >= 11 is 0. The van der Waals surface area contributed by atoms with Gasteiger partial charge in [-0.1, -0.05) is 24.3 Å². The molecule has 5 nitrogen and oxygen atoms in total. The number of carbonyl (C=O) groups is 1. The maximum absolute atomic E-state index is 12.4. The van der Waals surface area contributed by atoms with E-state index in [1.165, 1.54) is 22.4 Å². The first-order valence-electron chi connectivity index (χ1n) is 11.7. The van der Waals surface area contributed by atoms with Gasteiger partial charge in [-0.2, -0.15) is 0 Å². The van der Waals surface area contributed by atoms with Crippen molar-refractivity contribution in [1.29, 1.82) is 0 Å². The molecule has 0 spiro atoms. The molecule has 4 aliphatic rings. The normalized spacial score (nSPS) is 22.0. The Hall–Kier alpha value is -2.66. The minimum absolute atomic E-state index is 0.304. The lowest BCUT2D eigenvalue weighted by atomic mass is 9.75.